The van der Waals surface area contributed by atoms with Gasteiger partial charge in [0.05, 0.1) is 6.42 Å². The van der Waals surface area contributed by atoms with Crippen LogP contribution in [-0.4, -0.2) is 15.5 Å². The van der Waals surface area contributed by atoms with Crippen LogP contribution in [0.4, 0.5) is 14.5 Å². The number of carbonyl (C=O) groups is 1. The molecule has 0 saturated heterocycles. The number of pyridine rings is 1. The Morgan fingerprint density at radius 1 is 1.21 bits per heavy atom. The Balaban J connectivity index is 1.95. The molecule has 0 radical (unpaired) electrons. The second-order valence-corrected chi connectivity index (χ2v) is 6.09. The van der Waals surface area contributed by atoms with Crippen molar-refractivity contribution in [3.8, 4) is 5.69 Å². The Bertz CT molecular complexity index is 992. The van der Waals surface area contributed by atoms with E-state index in [1.165, 1.54) is 6.07 Å². The highest BCUT2D eigenvalue weighted by molar-refractivity contribution is 6.00. The van der Waals surface area contributed by atoms with Gasteiger partial charge in [0.2, 0.25) is 5.91 Å². The first kappa shape index (κ1) is 14.8. The molecule has 3 aromatic rings. The van der Waals surface area contributed by atoms with Gasteiger partial charge in [0.25, 0.3) is 6.43 Å². The molecule has 0 bridgehead atoms. The molecule has 4 nitrogen and oxygen atoms in total. The number of carbonyl (C=O) groups excluding carboxylic acids is 1. The lowest BCUT2D eigenvalue weighted by molar-refractivity contribution is -0.115. The van der Waals surface area contributed by atoms with Gasteiger partial charge in [-0.15, -0.1) is 0 Å². The van der Waals surface area contributed by atoms with Gasteiger partial charge in [0, 0.05) is 22.5 Å². The van der Waals surface area contributed by atoms with Crippen LogP contribution >= 0.6 is 0 Å². The zero-order valence-corrected chi connectivity index (χ0v) is 13.2. The standard InChI is InChI=1S/C18H15F2N3O/c1-9-5-13(7-12-8-15(24)22-16(9)12)23-10(2)6-11-3-4-14(17(19)20)21-18(11)23/h3-7,17H,8H2,1-2H3,(H,22,24). The molecule has 0 saturated carbocycles. The van der Waals surface area contributed by atoms with Crippen LogP contribution < -0.4 is 5.32 Å². The number of aryl methyl sites for hydroxylation is 2. The minimum absolute atomic E-state index is 0.0301. The summed E-state index contributed by atoms with van der Waals surface area (Å²) in [6.45, 7) is 3.84. The first-order valence-electron chi connectivity index (χ1n) is 7.65. The second kappa shape index (κ2) is 5.12. The van der Waals surface area contributed by atoms with Crippen molar-refractivity contribution >= 4 is 22.6 Å². The molecular formula is C18H15F2N3O. The normalized spacial score (nSPS) is 13.6. The Morgan fingerprint density at radius 2 is 2.00 bits per heavy atom. The van der Waals surface area contributed by atoms with E-state index in [1.807, 2.05) is 36.6 Å². The fraction of sp³-hybridized carbons (Fsp3) is 0.222. The first-order valence-corrected chi connectivity index (χ1v) is 7.65. The molecule has 0 fully saturated rings. The van der Waals surface area contributed by atoms with Gasteiger partial charge < -0.3 is 5.32 Å². The predicted octanol–water partition coefficient (Wildman–Crippen LogP) is 4.07. The van der Waals surface area contributed by atoms with Crippen LogP contribution in [0.25, 0.3) is 16.7 Å². The fourth-order valence-corrected chi connectivity index (χ4v) is 3.31. The smallest absolute Gasteiger partial charge is 0.280 e. The van der Waals surface area contributed by atoms with E-state index in [1.54, 1.807) is 6.07 Å². The molecule has 3 heterocycles. The summed E-state index contributed by atoms with van der Waals surface area (Å²) in [4.78, 5) is 15.8. The van der Waals surface area contributed by atoms with Crippen LogP contribution in [0.1, 0.15) is 28.9 Å². The number of fused-ring (bicyclic) bond motifs is 2. The molecule has 2 aromatic heterocycles. The number of hydrogen-bond acceptors (Lipinski definition) is 2. The summed E-state index contributed by atoms with van der Waals surface area (Å²) in [5.74, 6) is -0.0301. The lowest BCUT2D eigenvalue weighted by Gasteiger charge is -2.12. The highest BCUT2D eigenvalue weighted by Gasteiger charge is 2.22. The summed E-state index contributed by atoms with van der Waals surface area (Å²) in [6, 6.07) is 8.80. The van der Waals surface area contributed by atoms with Crippen molar-refractivity contribution in [2.24, 2.45) is 0 Å². The first-order chi connectivity index (χ1) is 11.4. The molecular weight excluding hydrogens is 312 g/mol. The van der Waals surface area contributed by atoms with E-state index in [9.17, 15) is 13.6 Å². The third kappa shape index (κ3) is 2.18. The maximum absolute atomic E-state index is 13.0. The molecule has 1 aromatic carbocycles. The predicted molar refractivity (Wildman–Crippen MR) is 87.8 cm³/mol. The molecule has 122 valence electrons. The minimum Gasteiger partial charge on any atom is -0.325 e. The van der Waals surface area contributed by atoms with Crippen molar-refractivity contribution in [1.29, 1.82) is 0 Å². The number of nitrogens with zero attached hydrogens (tertiary/aromatic N) is 2. The molecule has 0 unspecified atom stereocenters. The lowest BCUT2D eigenvalue weighted by atomic mass is 10.1. The van der Waals surface area contributed by atoms with E-state index in [4.69, 9.17) is 0 Å². The zero-order valence-electron chi connectivity index (χ0n) is 13.2. The molecule has 24 heavy (non-hydrogen) atoms. The maximum atomic E-state index is 13.0. The highest BCUT2D eigenvalue weighted by Crippen LogP contribution is 2.32. The van der Waals surface area contributed by atoms with Crippen molar-refractivity contribution in [2.75, 3.05) is 5.32 Å². The van der Waals surface area contributed by atoms with Crippen molar-refractivity contribution in [3.63, 3.8) is 0 Å². The van der Waals surface area contributed by atoms with Crippen LogP contribution in [0.2, 0.25) is 0 Å². The third-order valence-corrected chi connectivity index (χ3v) is 4.35. The summed E-state index contributed by atoms with van der Waals surface area (Å²) in [5, 5.41) is 3.66. The topological polar surface area (TPSA) is 46.9 Å². The number of benzene rings is 1. The van der Waals surface area contributed by atoms with Gasteiger partial charge in [-0.25, -0.2) is 13.8 Å². The van der Waals surface area contributed by atoms with Crippen molar-refractivity contribution in [1.82, 2.24) is 9.55 Å². The summed E-state index contributed by atoms with van der Waals surface area (Å²) < 4.78 is 27.9. The summed E-state index contributed by atoms with van der Waals surface area (Å²) in [7, 11) is 0. The monoisotopic (exact) mass is 327 g/mol. The number of nitrogens with one attached hydrogen (secondary N) is 1. The van der Waals surface area contributed by atoms with E-state index in [2.05, 4.69) is 10.3 Å². The fourth-order valence-electron chi connectivity index (χ4n) is 3.31. The zero-order chi connectivity index (χ0) is 17.0. The van der Waals surface area contributed by atoms with E-state index in [0.717, 1.165) is 33.6 Å². The van der Waals surface area contributed by atoms with E-state index < -0.39 is 6.43 Å². The van der Waals surface area contributed by atoms with Crippen LogP contribution in [-0.2, 0) is 11.2 Å². The Morgan fingerprint density at radius 3 is 2.75 bits per heavy atom. The maximum Gasteiger partial charge on any atom is 0.280 e. The van der Waals surface area contributed by atoms with Crippen LogP contribution in [0, 0.1) is 13.8 Å². The second-order valence-electron chi connectivity index (χ2n) is 6.09. The Labute approximate surface area is 137 Å². The number of anilines is 1. The number of hydrogen-bond donors (Lipinski definition) is 1. The summed E-state index contributed by atoms with van der Waals surface area (Å²) in [6.07, 6.45) is -2.28. The number of halogens is 2. The van der Waals surface area contributed by atoms with Gasteiger partial charge in [-0.05, 0) is 55.3 Å². The third-order valence-electron chi connectivity index (χ3n) is 4.35. The Kier molecular flexibility index (Phi) is 3.16. The average molecular weight is 327 g/mol. The van der Waals surface area contributed by atoms with Crippen LogP contribution in [0.5, 0.6) is 0 Å². The number of alkyl halides is 2. The molecule has 1 aliphatic rings. The van der Waals surface area contributed by atoms with Gasteiger partial charge in [-0.1, -0.05) is 0 Å². The lowest BCUT2D eigenvalue weighted by Crippen LogP contribution is -2.04. The van der Waals surface area contributed by atoms with Gasteiger partial charge in [-0.3, -0.25) is 9.36 Å². The molecule has 4 rings (SSSR count). The van der Waals surface area contributed by atoms with Gasteiger partial charge in [0.15, 0.2) is 0 Å². The molecule has 1 amide bonds. The SMILES string of the molecule is Cc1cc(-n2c(C)cc3ccc(C(F)F)nc32)cc2c1NC(=O)C2. The van der Waals surface area contributed by atoms with Crippen molar-refractivity contribution in [3.05, 3.63) is 52.8 Å². The molecule has 1 N–H and O–H groups in total. The molecule has 1 aliphatic heterocycles. The summed E-state index contributed by atoms with van der Waals surface area (Å²) in [5.41, 5.74) is 4.70. The van der Waals surface area contributed by atoms with Crippen LogP contribution in [0.15, 0.2) is 30.3 Å². The molecule has 0 spiro atoms. The van der Waals surface area contributed by atoms with E-state index >= 15 is 0 Å². The van der Waals surface area contributed by atoms with Gasteiger partial charge >= 0.3 is 0 Å². The molecule has 6 heteroatoms. The highest BCUT2D eigenvalue weighted by atomic mass is 19.3. The quantitative estimate of drug-likeness (QED) is 0.771. The van der Waals surface area contributed by atoms with E-state index in [-0.39, 0.29) is 11.6 Å². The molecule has 0 aliphatic carbocycles. The number of amides is 1. The van der Waals surface area contributed by atoms with E-state index in [0.29, 0.717) is 12.1 Å². The average Bonchev–Trinajstić information content (AvgIpc) is 3.05. The van der Waals surface area contributed by atoms with Gasteiger partial charge in [-0.2, -0.15) is 0 Å². The van der Waals surface area contributed by atoms with Gasteiger partial charge in [0.1, 0.15) is 11.3 Å². The number of aromatic nitrogens is 2. The molecule has 0 atom stereocenters. The van der Waals surface area contributed by atoms with Crippen LogP contribution in [0.3, 0.4) is 0 Å². The number of rotatable bonds is 2. The largest absolute Gasteiger partial charge is 0.325 e. The van der Waals surface area contributed by atoms with Crippen molar-refractivity contribution in [2.45, 2.75) is 26.7 Å². The summed E-state index contributed by atoms with van der Waals surface area (Å²) >= 11 is 0. The van der Waals surface area contributed by atoms with Crippen molar-refractivity contribution < 1.29 is 13.6 Å². The Hall–Kier alpha value is -2.76. The minimum atomic E-state index is -2.61.